The predicted octanol–water partition coefficient (Wildman–Crippen LogP) is 5.30. The van der Waals surface area contributed by atoms with Crippen LogP contribution in [0.15, 0.2) is 54.7 Å². The van der Waals surface area contributed by atoms with Crippen LogP contribution in [0.3, 0.4) is 0 Å². The first-order valence-electron chi connectivity index (χ1n) is 10.7. The number of hydrogen-bond donors (Lipinski definition) is 1. The third-order valence-electron chi connectivity index (χ3n) is 6.03. The number of aromatic amines is 1. The number of hydrogen-bond acceptors (Lipinski definition) is 3. The van der Waals surface area contributed by atoms with Gasteiger partial charge in [-0.3, -0.25) is 4.79 Å². The van der Waals surface area contributed by atoms with E-state index < -0.39 is 0 Å². The molecule has 0 atom stereocenters. The van der Waals surface area contributed by atoms with E-state index in [0.29, 0.717) is 5.75 Å². The highest BCUT2D eigenvalue weighted by Gasteiger charge is 2.19. The highest BCUT2D eigenvalue weighted by atomic mass is 16.5. The van der Waals surface area contributed by atoms with Gasteiger partial charge in [-0.05, 0) is 87.0 Å². The summed E-state index contributed by atoms with van der Waals surface area (Å²) in [6.07, 6.45) is 8.06. The topological polar surface area (TPSA) is 45.3 Å². The zero-order valence-corrected chi connectivity index (χ0v) is 17.2. The van der Waals surface area contributed by atoms with Crippen molar-refractivity contribution in [2.24, 2.45) is 0 Å². The monoisotopic (exact) mass is 390 g/mol. The van der Waals surface area contributed by atoms with Gasteiger partial charge in [0.25, 0.3) is 0 Å². The molecule has 1 N–H and O–H groups in total. The number of ether oxygens (including phenoxy) is 1. The van der Waals surface area contributed by atoms with Gasteiger partial charge in [0.2, 0.25) is 0 Å². The molecule has 0 bridgehead atoms. The molecule has 4 rings (SSSR count). The van der Waals surface area contributed by atoms with E-state index in [4.69, 9.17) is 4.74 Å². The molecule has 3 aromatic rings. The lowest BCUT2D eigenvalue weighted by Crippen LogP contribution is -2.33. The lowest BCUT2D eigenvalue weighted by Gasteiger charge is -2.32. The van der Waals surface area contributed by atoms with Crippen LogP contribution in [0.25, 0.3) is 10.9 Å². The minimum absolute atomic E-state index is 0.280. The second kappa shape index (κ2) is 9.27. The molecule has 1 saturated heterocycles. The zero-order chi connectivity index (χ0) is 20.1. The Hall–Kier alpha value is -2.59. The van der Waals surface area contributed by atoms with Crippen LogP contribution in [0.5, 0.6) is 5.75 Å². The van der Waals surface area contributed by atoms with E-state index in [9.17, 15) is 4.79 Å². The number of unbranched alkanes of at least 4 members (excludes halogenated alkanes) is 1. The van der Waals surface area contributed by atoms with Crippen LogP contribution in [0.4, 0.5) is 0 Å². The zero-order valence-electron chi connectivity index (χ0n) is 17.2. The Morgan fingerprint density at radius 3 is 2.66 bits per heavy atom. The van der Waals surface area contributed by atoms with E-state index in [1.54, 1.807) is 0 Å². The summed E-state index contributed by atoms with van der Waals surface area (Å²) in [6, 6.07) is 16.7. The number of H-pyrrole nitrogens is 1. The Morgan fingerprint density at radius 1 is 1.10 bits per heavy atom. The Bertz CT molecular complexity index is 940. The van der Waals surface area contributed by atoms with E-state index >= 15 is 0 Å². The lowest BCUT2D eigenvalue weighted by molar-refractivity contribution is -0.131. The van der Waals surface area contributed by atoms with Crippen LogP contribution in [0, 0.1) is 0 Å². The molecular weight excluding hydrogens is 360 g/mol. The first kappa shape index (κ1) is 19.7. The molecular formula is C25H30N2O2. The summed E-state index contributed by atoms with van der Waals surface area (Å²) in [7, 11) is 0. The first-order valence-corrected chi connectivity index (χ1v) is 10.7. The van der Waals surface area contributed by atoms with Gasteiger partial charge in [0.05, 0.1) is 0 Å². The Morgan fingerprint density at radius 2 is 1.90 bits per heavy atom. The van der Waals surface area contributed by atoms with E-state index in [0.717, 1.165) is 23.2 Å². The van der Waals surface area contributed by atoms with E-state index in [-0.39, 0.29) is 5.97 Å². The lowest BCUT2D eigenvalue weighted by atomic mass is 9.89. The maximum Gasteiger partial charge on any atom is 0.308 e. The van der Waals surface area contributed by atoms with Gasteiger partial charge in [0, 0.05) is 24.0 Å². The minimum atomic E-state index is -0.280. The van der Waals surface area contributed by atoms with Crippen molar-refractivity contribution in [2.45, 2.75) is 44.9 Å². The van der Waals surface area contributed by atoms with Gasteiger partial charge < -0.3 is 14.6 Å². The average Bonchev–Trinajstić information content (AvgIpc) is 3.14. The summed E-state index contributed by atoms with van der Waals surface area (Å²) in [5.41, 5.74) is 3.90. The minimum Gasteiger partial charge on any atom is -0.427 e. The Labute approximate surface area is 172 Å². The number of aromatic nitrogens is 1. The fourth-order valence-corrected chi connectivity index (χ4v) is 4.46. The van der Waals surface area contributed by atoms with Gasteiger partial charge in [-0.1, -0.05) is 30.3 Å². The number of likely N-dealkylation sites (tertiary alicyclic amines) is 1. The van der Waals surface area contributed by atoms with Gasteiger partial charge in [-0.25, -0.2) is 0 Å². The SMILES string of the molecule is CC(=O)Oc1ccc2[nH]cc(CCCCN3CCC(c4ccccc4)CC3)c2c1. The molecule has 0 aliphatic carbocycles. The standard InChI is InChI=1S/C25H30N2O2/c1-19(28)29-23-10-11-25-24(17-23)22(18-26-25)9-5-6-14-27-15-12-21(13-16-27)20-7-3-2-4-8-20/h2-4,7-8,10-11,17-18,21,26H,5-6,9,12-16H2,1H3. The maximum absolute atomic E-state index is 11.2. The molecule has 1 aliphatic rings. The molecule has 0 radical (unpaired) electrons. The van der Waals surface area contributed by atoms with Gasteiger partial charge in [-0.15, -0.1) is 0 Å². The first-order chi connectivity index (χ1) is 14.2. The van der Waals surface area contributed by atoms with Crippen molar-refractivity contribution in [3.05, 3.63) is 65.9 Å². The Kier molecular flexibility index (Phi) is 6.30. The molecule has 0 spiro atoms. The van der Waals surface area contributed by atoms with Crippen LogP contribution < -0.4 is 4.74 Å². The molecule has 1 fully saturated rings. The van der Waals surface area contributed by atoms with Gasteiger partial charge in [0.15, 0.2) is 0 Å². The molecule has 2 heterocycles. The number of carbonyl (C=O) groups excluding carboxylic acids is 1. The molecule has 4 heteroatoms. The van der Waals surface area contributed by atoms with Crippen molar-refractivity contribution in [1.82, 2.24) is 9.88 Å². The van der Waals surface area contributed by atoms with Gasteiger partial charge >= 0.3 is 5.97 Å². The van der Waals surface area contributed by atoms with Gasteiger partial charge in [-0.2, -0.15) is 0 Å². The van der Waals surface area contributed by atoms with E-state index in [2.05, 4.69) is 46.4 Å². The number of esters is 1. The summed E-state index contributed by atoms with van der Waals surface area (Å²) >= 11 is 0. The van der Waals surface area contributed by atoms with Crippen molar-refractivity contribution in [3.8, 4) is 5.75 Å². The van der Waals surface area contributed by atoms with Crippen LogP contribution in [0.1, 0.15) is 49.7 Å². The highest BCUT2D eigenvalue weighted by Crippen LogP contribution is 2.28. The third-order valence-corrected chi connectivity index (χ3v) is 6.03. The predicted molar refractivity (Wildman–Crippen MR) is 117 cm³/mol. The summed E-state index contributed by atoms with van der Waals surface area (Å²) in [6.45, 7) is 5.03. The smallest absolute Gasteiger partial charge is 0.308 e. The van der Waals surface area contributed by atoms with Crippen molar-refractivity contribution < 1.29 is 9.53 Å². The second-order valence-electron chi connectivity index (χ2n) is 8.10. The molecule has 152 valence electrons. The summed E-state index contributed by atoms with van der Waals surface area (Å²) in [5, 5.41) is 1.16. The fourth-order valence-electron chi connectivity index (χ4n) is 4.46. The molecule has 2 aromatic carbocycles. The number of fused-ring (bicyclic) bond motifs is 1. The number of aryl methyl sites for hydroxylation is 1. The third kappa shape index (κ3) is 5.07. The molecule has 0 unspecified atom stereocenters. The largest absolute Gasteiger partial charge is 0.427 e. The van der Waals surface area contributed by atoms with Crippen molar-refractivity contribution in [3.63, 3.8) is 0 Å². The molecule has 4 nitrogen and oxygen atoms in total. The van der Waals surface area contributed by atoms with Crippen LogP contribution in [-0.4, -0.2) is 35.5 Å². The van der Waals surface area contributed by atoms with Crippen LogP contribution in [0.2, 0.25) is 0 Å². The van der Waals surface area contributed by atoms with Crippen molar-refractivity contribution >= 4 is 16.9 Å². The molecule has 0 amide bonds. The van der Waals surface area contributed by atoms with Crippen molar-refractivity contribution in [1.29, 1.82) is 0 Å². The van der Waals surface area contributed by atoms with Crippen molar-refractivity contribution in [2.75, 3.05) is 19.6 Å². The molecule has 1 aromatic heterocycles. The highest BCUT2D eigenvalue weighted by molar-refractivity contribution is 5.85. The molecule has 29 heavy (non-hydrogen) atoms. The number of rotatable bonds is 7. The maximum atomic E-state index is 11.2. The molecule has 1 aliphatic heterocycles. The number of carbonyl (C=O) groups is 1. The number of piperidine rings is 1. The van der Waals surface area contributed by atoms with E-state index in [1.165, 1.54) is 63.4 Å². The number of benzene rings is 2. The number of nitrogens with zero attached hydrogens (tertiary/aromatic N) is 1. The Balaban J connectivity index is 1.23. The summed E-state index contributed by atoms with van der Waals surface area (Å²) < 4.78 is 5.23. The fraction of sp³-hybridized carbons (Fsp3) is 0.400. The summed E-state index contributed by atoms with van der Waals surface area (Å²) in [5.74, 6) is 1.06. The molecule has 0 saturated carbocycles. The van der Waals surface area contributed by atoms with E-state index in [1.807, 2.05) is 18.2 Å². The van der Waals surface area contributed by atoms with Gasteiger partial charge in [0.1, 0.15) is 5.75 Å². The number of nitrogens with one attached hydrogen (secondary N) is 1. The summed E-state index contributed by atoms with van der Waals surface area (Å²) in [4.78, 5) is 17.1. The van der Waals surface area contributed by atoms with Crippen LogP contribution in [-0.2, 0) is 11.2 Å². The quantitative estimate of drug-likeness (QED) is 0.338. The normalized spacial score (nSPS) is 15.6. The average molecular weight is 391 g/mol. The van der Waals surface area contributed by atoms with Crippen LogP contribution >= 0.6 is 0 Å². The second-order valence-corrected chi connectivity index (χ2v) is 8.10.